The number of aromatic hydroxyl groups is 1. The molecule has 1 fully saturated rings. The number of hydrogen-bond donors (Lipinski definition) is 5. The van der Waals surface area contributed by atoms with Crippen LogP contribution in [0.2, 0.25) is 0 Å². The van der Waals surface area contributed by atoms with Crippen molar-refractivity contribution in [2.45, 2.75) is 24.5 Å². The first-order valence-corrected chi connectivity index (χ1v) is 10.5. The molecule has 4 atom stereocenters. The van der Waals surface area contributed by atoms with Crippen molar-refractivity contribution < 1.29 is 34.8 Å². The van der Waals surface area contributed by atoms with Crippen LogP contribution in [0.4, 0.5) is 5.69 Å². The van der Waals surface area contributed by atoms with Crippen molar-refractivity contribution in [2.24, 2.45) is 17.6 Å². The third-order valence-electron chi connectivity index (χ3n) is 7.05. The Bertz CT molecular complexity index is 1170. The molecule has 3 aliphatic carbocycles. The number of hydrogen-bond acceptors (Lipinski definition) is 9. The van der Waals surface area contributed by atoms with Gasteiger partial charge in [0.25, 0.3) is 5.91 Å². The van der Waals surface area contributed by atoms with Crippen molar-refractivity contribution in [1.29, 1.82) is 0 Å². The van der Waals surface area contributed by atoms with Crippen LogP contribution in [0.1, 0.15) is 17.5 Å². The first-order chi connectivity index (χ1) is 15.3. The topological polar surface area (TPSA) is 165 Å². The number of aliphatic hydroxyl groups is 3. The zero-order valence-electron chi connectivity index (χ0n) is 18.8. The van der Waals surface area contributed by atoms with Crippen LogP contribution in [0.5, 0.6) is 5.75 Å². The van der Waals surface area contributed by atoms with Gasteiger partial charge >= 0.3 is 0 Å². The number of phenols is 1. The third kappa shape index (κ3) is 2.90. The van der Waals surface area contributed by atoms with Crippen LogP contribution < -0.4 is 10.6 Å². The number of rotatable bonds is 3. The average Bonchev–Trinajstić information content (AvgIpc) is 2.70. The molecule has 10 heteroatoms. The molecule has 0 saturated heterocycles. The Labute approximate surface area is 190 Å². The van der Waals surface area contributed by atoms with Crippen LogP contribution >= 0.6 is 0 Å². The molecule has 6 N–H and O–H groups in total. The number of amides is 1. The number of nitrogens with two attached hydrogens (primary N) is 1. The minimum atomic E-state index is -2.63. The van der Waals surface area contributed by atoms with E-state index < -0.39 is 58.0 Å². The molecule has 3 aliphatic rings. The highest BCUT2D eigenvalue weighted by atomic mass is 16.3. The van der Waals surface area contributed by atoms with E-state index in [9.17, 15) is 34.8 Å². The lowest BCUT2D eigenvalue weighted by atomic mass is 9.57. The van der Waals surface area contributed by atoms with Gasteiger partial charge < -0.3 is 31.1 Å². The summed E-state index contributed by atoms with van der Waals surface area (Å²) in [7, 11) is 6.55. The van der Waals surface area contributed by atoms with Gasteiger partial charge in [0, 0.05) is 25.6 Å². The first kappa shape index (κ1) is 22.8. The van der Waals surface area contributed by atoms with E-state index in [1.54, 1.807) is 45.2 Å². The molecular formula is C23H27N3O7. The van der Waals surface area contributed by atoms with Crippen LogP contribution in [0.3, 0.4) is 0 Å². The van der Waals surface area contributed by atoms with E-state index in [1.807, 2.05) is 0 Å². The number of likely N-dealkylation sites (N-methyl/N-ethyl adjacent to an activating group) is 1. The van der Waals surface area contributed by atoms with Gasteiger partial charge in [-0.3, -0.25) is 19.3 Å². The molecule has 176 valence electrons. The monoisotopic (exact) mass is 457 g/mol. The Morgan fingerprint density at radius 1 is 1.12 bits per heavy atom. The fraction of sp³-hybridized carbons (Fsp3) is 0.435. The van der Waals surface area contributed by atoms with Gasteiger partial charge in [-0.2, -0.15) is 0 Å². The number of carbonyl (C=O) groups excluding carboxylic acids is 3. The highest BCUT2D eigenvalue weighted by Crippen LogP contribution is 2.53. The lowest BCUT2D eigenvalue weighted by Gasteiger charge is -2.50. The largest absolute Gasteiger partial charge is 0.508 e. The summed E-state index contributed by atoms with van der Waals surface area (Å²) in [6.45, 7) is 0. The van der Waals surface area contributed by atoms with Crippen LogP contribution in [0.25, 0.3) is 5.76 Å². The van der Waals surface area contributed by atoms with E-state index in [1.165, 1.54) is 4.90 Å². The van der Waals surface area contributed by atoms with E-state index in [-0.39, 0.29) is 29.7 Å². The quantitative estimate of drug-likeness (QED) is 0.394. The van der Waals surface area contributed by atoms with Gasteiger partial charge in [-0.05, 0) is 44.5 Å². The zero-order valence-corrected chi connectivity index (χ0v) is 18.8. The van der Waals surface area contributed by atoms with E-state index in [0.29, 0.717) is 11.3 Å². The van der Waals surface area contributed by atoms with E-state index >= 15 is 0 Å². The Balaban J connectivity index is 1.97. The SMILES string of the molecule is CN(C)c1ccc2c(c1O)C(O)=C1C(=O)[C@@]3(O)C(O)=C(C(N)=O)C(=O)[C@@H](N(C)C)[C@@H]3C[C@@H]1C2. The lowest BCUT2D eigenvalue weighted by molar-refractivity contribution is -0.153. The fourth-order valence-electron chi connectivity index (χ4n) is 5.57. The number of nitrogens with zero attached hydrogens (tertiary/aromatic N) is 2. The number of primary amides is 1. The maximum Gasteiger partial charge on any atom is 0.255 e. The van der Waals surface area contributed by atoms with E-state index in [0.717, 1.165) is 0 Å². The highest BCUT2D eigenvalue weighted by Gasteiger charge is 2.64. The third-order valence-corrected chi connectivity index (χ3v) is 7.05. The predicted octanol–water partition coefficient (Wildman–Crippen LogP) is 0.0300. The number of anilines is 1. The molecule has 10 nitrogen and oxygen atoms in total. The second kappa shape index (κ2) is 7.32. The summed E-state index contributed by atoms with van der Waals surface area (Å²) in [6.07, 6.45) is 0.345. The molecule has 0 unspecified atom stereocenters. The molecule has 0 heterocycles. The van der Waals surface area contributed by atoms with Gasteiger partial charge in [-0.1, -0.05) is 6.07 Å². The number of Topliss-reactive ketones (excluding diaryl/α,β-unsaturated/α-hetero) is 2. The van der Waals surface area contributed by atoms with Crippen molar-refractivity contribution in [3.63, 3.8) is 0 Å². The van der Waals surface area contributed by atoms with Gasteiger partial charge in [-0.15, -0.1) is 0 Å². The zero-order chi connectivity index (χ0) is 24.6. The Hall–Kier alpha value is -3.37. The highest BCUT2D eigenvalue weighted by molar-refractivity contribution is 6.24. The molecular weight excluding hydrogens is 430 g/mol. The Morgan fingerprint density at radius 2 is 1.76 bits per heavy atom. The summed E-state index contributed by atoms with van der Waals surface area (Å²) in [5.41, 5.74) is 2.82. The molecule has 4 rings (SSSR count). The van der Waals surface area contributed by atoms with Crippen LogP contribution in [0.15, 0.2) is 29.0 Å². The summed E-state index contributed by atoms with van der Waals surface area (Å²) in [6, 6.07) is 2.36. The maximum atomic E-state index is 13.7. The molecule has 0 spiro atoms. The van der Waals surface area contributed by atoms with Gasteiger partial charge in [0.15, 0.2) is 11.4 Å². The normalized spacial score (nSPS) is 29.1. The molecule has 0 aromatic heterocycles. The molecule has 0 aliphatic heterocycles. The molecule has 33 heavy (non-hydrogen) atoms. The average molecular weight is 457 g/mol. The maximum absolute atomic E-state index is 13.7. The number of aliphatic hydroxyl groups excluding tert-OH is 2. The first-order valence-electron chi connectivity index (χ1n) is 10.5. The summed E-state index contributed by atoms with van der Waals surface area (Å²) in [5, 5.41) is 44.2. The van der Waals surface area contributed by atoms with Gasteiger partial charge in [0.05, 0.1) is 17.3 Å². The van der Waals surface area contributed by atoms with Crippen molar-refractivity contribution in [2.75, 3.05) is 33.1 Å². The van der Waals surface area contributed by atoms with Crippen molar-refractivity contribution in [3.05, 3.63) is 40.2 Å². The Morgan fingerprint density at radius 3 is 2.30 bits per heavy atom. The van der Waals surface area contributed by atoms with Crippen molar-refractivity contribution in [1.82, 2.24) is 4.90 Å². The molecule has 0 radical (unpaired) electrons. The summed E-state index contributed by atoms with van der Waals surface area (Å²) >= 11 is 0. The van der Waals surface area contributed by atoms with Gasteiger partial charge in [0.2, 0.25) is 5.78 Å². The van der Waals surface area contributed by atoms with Gasteiger partial charge in [0.1, 0.15) is 22.8 Å². The summed E-state index contributed by atoms with van der Waals surface area (Å²) in [5.74, 6) is -6.50. The lowest BCUT2D eigenvalue weighted by Crippen LogP contribution is -2.65. The van der Waals surface area contributed by atoms with Crippen LogP contribution in [-0.4, -0.2) is 82.6 Å². The van der Waals surface area contributed by atoms with E-state index in [4.69, 9.17) is 5.73 Å². The standard InChI is InChI=1S/C23H27N3O7/c1-25(2)12-6-5-9-7-10-8-11-16(26(3)4)19(29)15(22(24)32)21(31)23(11,33)20(30)14(10)18(28)13(9)17(12)27/h5-6,10-11,16,27-28,31,33H,7-8H2,1-4H3,(H2,24,32)/t10-,11-,16-,23+/m0/s1. The number of carbonyl (C=O) groups is 3. The summed E-state index contributed by atoms with van der Waals surface area (Å²) < 4.78 is 0. The molecule has 1 saturated carbocycles. The smallest absolute Gasteiger partial charge is 0.255 e. The van der Waals surface area contributed by atoms with Crippen LogP contribution in [-0.2, 0) is 20.8 Å². The second-order valence-corrected chi connectivity index (χ2v) is 9.32. The molecule has 0 bridgehead atoms. The summed E-state index contributed by atoms with van der Waals surface area (Å²) in [4.78, 5) is 41.8. The van der Waals surface area contributed by atoms with Gasteiger partial charge in [-0.25, -0.2) is 0 Å². The fourth-order valence-corrected chi connectivity index (χ4v) is 5.57. The minimum Gasteiger partial charge on any atom is -0.508 e. The number of benzene rings is 1. The van der Waals surface area contributed by atoms with Crippen LogP contribution in [0, 0.1) is 11.8 Å². The number of fused-ring (bicyclic) bond motifs is 3. The molecule has 1 amide bonds. The number of ketones is 2. The van der Waals surface area contributed by atoms with E-state index in [2.05, 4.69) is 0 Å². The molecule has 1 aromatic rings. The second-order valence-electron chi connectivity index (χ2n) is 9.32. The van der Waals surface area contributed by atoms with Crippen molar-refractivity contribution in [3.8, 4) is 5.75 Å². The predicted molar refractivity (Wildman–Crippen MR) is 119 cm³/mol. The Kier molecular flexibility index (Phi) is 5.06. The minimum absolute atomic E-state index is 0.0714. The number of phenolic OH excluding ortho intramolecular Hbond substituents is 1. The van der Waals surface area contributed by atoms with Crippen molar-refractivity contribution >= 4 is 28.9 Å². The molecule has 1 aromatic carbocycles.